The molecule has 0 heterocycles. The van der Waals surface area contributed by atoms with Crippen molar-refractivity contribution in [3.63, 3.8) is 0 Å². The Bertz CT molecular complexity index is 673. The molecule has 1 aliphatic carbocycles. The zero-order chi connectivity index (χ0) is 14.7. The smallest absolute Gasteiger partial charge is 0.0366 e. The molecule has 2 aromatic carbocycles. The first-order chi connectivity index (χ1) is 10.3. The second-order valence-electron chi connectivity index (χ2n) is 5.28. The Hall–Kier alpha value is -2.28. The van der Waals surface area contributed by atoms with E-state index < -0.39 is 0 Å². The predicted molar refractivity (Wildman–Crippen MR) is 93.4 cm³/mol. The molecule has 0 atom stereocenters. The van der Waals surface area contributed by atoms with Crippen molar-refractivity contribution in [2.45, 2.75) is 13.8 Å². The lowest BCUT2D eigenvalue weighted by atomic mass is 10.0. The van der Waals surface area contributed by atoms with E-state index >= 15 is 0 Å². The number of anilines is 1. The Morgan fingerprint density at radius 2 is 1.57 bits per heavy atom. The van der Waals surface area contributed by atoms with Crippen molar-refractivity contribution in [1.29, 1.82) is 0 Å². The molecular weight excluding hydrogens is 254 g/mol. The SMILES string of the molecule is CCN(CC)c1ccc(C=C2C=Cc3ccccc32)cc1. The van der Waals surface area contributed by atoms with E-state index in [4.69, 9.17) is 0 Å². The average Bonchev–Trinajstić information content (AvgIpc) is 2.93. The molecule has 1 nitrogen and oxygen atoms in total. The summed E-state index contributed by atoms with van der Waals surface area (Å²) < 4.78 is 0. The van der Waals surface area contributed by atoms with Gasteiger partial charge in [0.2, 0.25) is 0 Å². The molecule has 0 N–H and O–H groups in total. The van der Waals surface area contributed by atoms with Crippen LogP contribution in [0.4, 0.5) is 5.69 Å². The normalized spacial score (nSPS) is 14.5. The summed E-state index contributed by atoms with van der Waals surface area (Å²) in [7, 11) is 0. The van der Waals surface area contributed by atoms with Gasteiger partial charge in [-0.3, -0.25) is 0 Å². The van der Waals surface area contributed by atoms with Crippen molar-refractivity contribution in [3.05, 3.63) is 71.3 Å². The highest BCUT2D eigenvalue weighted by molar-refractivity contribution is 5.97. The minimum absolute atomic E-state index is 1.05. The maximum Gasteiger partial charge on any atom is 0.0366 e. The highest BCUT2D eigenvalue weighted by atomic mass is 15.1. The Morgan fingerprint density at radius 3 is 2.29 bits per heavy atom. The number of hydrogen-bond acceptors (Lipinski definition) is 1. The summed E-state index contributed by atoms with van der Waals surface area (Å²) in [5.74, 6) is 0. The Balaban J connectivity index is 1.86. The van der Waals surface area contributed by atoms with Gasteiger partial charge in [0, 0.05) is 18.8 Å². The second-order valence-corrected chi connectivity index (χ2v) is 5.28. The van der Waals surface area contributed by atoms with E-state index in [1.807, 2.05) is 0 Å². The van der Waals surface area contributed by atoms with E-state index in [9.17, 15) is 0 Å². The fraction of sp³-hybridized carbons (Fsp3) is 0.200. The number of benzene rings is 2. The minimum Gasteiger partial charge on any atom is -0.372 e. The summed E-state index contributed by atoms with van der Waals surface area (Å²) in [6.45, 7) is 6.49. The maximum absolute atomic E-state index is 2.36. The van der Waals surface area contributed by atoms with Gasteiger partial charge in [-0.2, -0.15) is 0 Å². The third-order valence-corrected chi connectivity index (χ3v) is 4.06. The lowest BCUT2D eigenvalue weighted by molar-refractivity contribution is 0.866. The Labute approximate surface area is 127 Å². The van der Waals surface area contributed by atoms with Crippen LogP contribution in [0.2, 0.25) is 0 Å². The highest BCUT2D eigenvalue weighted by Gasteiger charge is 2.09. The van der Waals surface area contributed by atoms with Crippen molar-refractivity contribution in [2.75, 3.05) is 18.0 Å². The quantitative estimate of drug-likeness (QED) is 0.750. The zero-order valence-corrected chi connectivity index (χ0v) is 12.7. The van der Waals surface area contributed by atoms with Crippen LogP contribution in [0.3, 0.4) is 0 Å². The van der Waals surface area contributed by atoms with Crippen LogP contribution in [0.5, 0.6) is 0 Å². The average molecular weight is 275 g/mol. The van der Waals surface area contributed by atoms with Crippen LogP contribution in [-0.4, -0.2) is 13.1 Å². The van der Waals surface area contributed by atoms with Crippen molar-refractivity contribution < 1.29 is 0 Å². The van der Waals surface area contributed by atoms with Crippen molar-refractivity contribution >= 4 is 23.4 Å². The largest absolute Gasteiger partial charge is 0.372 e. The summed E-state index contributed by atoms with van der Waals surface area (Å²) in [5, 5.41) is 0. The lowest BCUT2D eigenvalue weighted by Gasteiger charge is -2.20. The summed E-state index contributed by atoms with van der Waals surface area (Å²) in [6, 6.07) is 17.4. The predicted octanol–water partition coefficient (Wildman–Crippen LogP) is 5.10. The minimum atomic E-state index is 1.05. The van der Waals surface area contributed by atoms with E-state index in [1.54, 1.807) is 0 Å². The van der Waals surface area contributed by atoms with Crippen molar-refractivity contribution in [2.24, 2.45) is 0 Å². The molecule has 0 aliphatic heterocycles. The van der Waals surface area contributed by atoms with Crippen LogP contribution in [0.25, 0.3) is 17.7 Å². The molecule has 3 rings (SSSR count). The molecule has 0 saturated carbocycles. The molecule has 0 fully saturated rings. The van der Waals surface area contributed by atoms with Crippen LogP contribution in [0.15, 0.2) is 54.6 Å². The number of rotatable bonds is 4. The molecule has 0 radical (unpaired) electrons. The van der Waals surface area contributed by atoms with Crippen LogP contribution < -0.4 is 4.90 Å². The van der Waals surface area contributed by atoms with Crippen LogP contribution in [-0.2, 0) is 0 Å². The summed E-state index contributed by atoms with van der Waals surface area (Å²) >= 11 is 0. The van der Waals surface area contributed by atoms with Gasteiger partial charge >= 0.3 is 0 Å². The molecular formula is C20H21N. The molecule has 106 valence electrons. The van der Waals surface area contributed by atoms with E-state index in [1.165, 1.54) is 28.0 Å². The molecule has 0 spiro atoms. The topological polar surface area (TPSA) is 3.24 Å². The van der Waals surface area contributed by atoms with Gasteiger partial charge in [0.05, 0.1) is 0 Å². The lowest BCUT2D eigenvalue weighted by Crippen LogP contribution is -2.21. The molecule has 1 heteroatoms. The van der Waals surface area contributed by atoms with Crippen molar-refractivity contribution in [3.8, 4) is 0 Å². The molecule has 0 aromatic heterocycles. The molecule has 0 bridgehead atoms. The molecule has 1 aliphatic rings. The first-order valence-electron chi connectivity index (χ1n) is 7.66. The summed E-state index contributed by atoms with van der Waals surface area (Å²) in [4.78, 5) is 2.36. The van der Waals surface area contributed by atoms with Gasteiger partial charge in [0.1, 0.15) is 0 Å². The van der Waals surface area contributed by atoms with Gasteiger partial charge in [0.25, 0.3) is 0 Å². The Morgan fingerprint density at radius 1 is 0.857 bits per heavy atom. The number of nitrogens with zero attached hydrogens (tertiary/aromatic N) is 1. The van der Waals surface area contributed by atoms with Gasteiger partial charge in [-0.15, -0.1) is 0 Å². The summed E-state index contributed by atoms with van der Waals surface area (Å²) in [6.07, 6.45) is 6.64. The van der Waals surface area contributed by atoms with Crippen LogP contribution in [0, 0.1) is 0 Å². The zero-order valence-electron chi connectivity index (χ0n) is 12.7. The van der Waals surface area contributed by atoms with Crippen LogP contribution in [0.1, 0.15) is 30.5 Å². The van der Waals surface area contributed by atoms with Gasteiger partial charge in [-0.1, -0.05) is 48.6 Å². The first-order valence-corrected chi connectivity index (χ1v) is 7.66. The van der Waals surface area contributed by atoms with Gasteiger partial charge in [-0.25, -0.2) is 0 Å². The number of hydrogen-bond donors (Lipinski definition) is 0. The Kier molecular flexibility index (Phi) is 3.92. The van der Waals surface area contributed by atoms with E-state index in [0.29, 0.717) is 0 Å². The third kappa shape index (κ3) is 2.78. The van der Waals surface area contributed by atoms with Gasteiger partial charge in [-0.05, 0) is 54.3 Å². The molecule has 0 amide bonds. The second kappa shape index (κ2) is 6.01. The van der Waals surface area contributed by atoms with Crippen LogP contribution >= 0.6 is 0 Å². The fourth-order valence-corrected chi connectivity index (χ4v) is 2.85. The van der Waals surface area contributed by atoms with Crippen molar-refractivity contribution in [1.82, 2.24) is 0 Å². The molecule has 21 heavy (non-hydrogen) atoms. The molecule has 0 saturated heterocycles. The highest BCUT2D eigenvalue weighted by Crippen LogP contribution is 2.30. The van der Waals surface area contributed by atoms with Gasteiger partial charge in [0.15, 0.2) is 0 Å². The van der Waals surface area contributed by atoms with E-state index in [0.717, 1.165) is 13.1 Å². The monoisotopic (exact) mass is 275 g/mol. The number of fused-ring (bicyclic) bond motifs is 1. The maximum atomic E-state index is 2.36. The summed E-state index contributed by atoms with van der Waals surface area (Å²) in [5.41, 5.74) is 6.47. The van der Waals surface area contributed by atoms with Gasteiger partial charge < -0.3 is 4.90 Å². The number of allylic oxidation sites excluding steroid dienone is 2. The van der Waals surface area contributed by atoms with E-state index in [2.05, 4.69) is 85.5 Å². The standard InChI is InChI=1S/C20H21N/c1-3-21(4-2)19-13-9-16(10-14-19)15-18-12-11-17-7-5-6-8-20(17)18/h5-15H,3-4H2,1-2H3. The fourth-order valence-electron chi connectivity index (χ4n) is 2.85. The van der Waals surface area contributed by atoms with E-state index in [-0.39, 0.29) is 0 Å². The third-order valence-electron chi connectivity index (χ3n) is 4.06. The molecule has 0 unspecified atom stereocenters. The molecule has 2 aromatic rings. The first kappa shape index (κ1) is 13.7.